The Bertz CT molecular complexity index is 1130. The van der Waals surface area contributed by atoms with E-state index in [0.29, 0.717) is 17.8 Å². The number of hydrogen-bond acceptors (Lipinski definition) is 3. The molecule has 2 unspecified atom stereocenters. The predicted octanol–water partition coefficient (Wildman–Crippen LogP) is 5.16. The van der Waals surface area contributed by atoms with Crippen molar-refractivity contribution in [2.45, 2.75) is 25.7 Å². The van der Waals surface area contributed by atoms with Crippen molar-refractivity contribution in [1.29, 1.82) is 0 Å². The number of fused-ring (bicyclic) bond motifs is 1. The Morgan fingerprint density at radius 2 is 1.66 bits per heavy atom. The van der Waals surface area contributed by atoms with E-state index in [9.17, 15) is 9.18 Å². The van der Waals surface area contributed by atoms with E-state index in [1.807, 2.05) is 36.4 Å². The maximum atomic E-state index is 13.6. The molecule has 2 saturated heterocycles. The molecule has 3 aromatic rings. The van der Waals surface area contributed by atoms with Crippen molar-refractivity contribution in [3.05, 3.63) is 83.7 Å². The van der Waals surface area contributed by atoms with E-state index in [-0.39, 0.29) is 11.7 Å². The monoisotopic (exact) mass is 473 g/mol. The van der Waals surface area contributed by atoms with Crippen LogP contribution in [0.4, 0.5) is 4.39 Å². The number of likely N-dealkylation sites (tertiary alicyclic amines) is 2. The van der Waals surface area contributed by atoms with Crippen LogP contribution in [0.5, 0.6) is 0 Å². The maximum absolute atomic E-state index is 13.6. The number of amides is 1. The van der Waals surface area contributed by atoms with Crippen molar-refractivity contribution >= 4 is 16.7 Å². The standard InChI is InChI=1S/C30H36FN3O/c1-2-32-18-25-20-34(30(35)29-9-5-7-24-6-3-4-8-28(24)29)21-26(25)19-33-16-14-23(15-17-33)22-10-12-27(31)13-11-22/h3-13,23,25-26,32H,2,14-21H2,1H3. The molecule has 0 radical (unpaired) electrons. The number of hydrogen-bond donors (Lipinski definition) is 1. The third-order valence-corrected chi connectivity index (χ3v) is 7.96. The number of nitrogens with one attached hydrogen (secondary N) is 1. The molecule has 5 rings (SSSR count). The summed E-state index contributed by atoms with van der Waals surface area (Å²) in [7, 11) is 0. The molecule has 2 aliphatic rings. The van der Waals surface area contributed by atoms with Gasteiger partial charge in [0, 0.05) is 31.7 Å². The minimum atomic E-state index is -0.165. The molecule has 5 heteroatoms. The van der Waals surface area contributed by atoms with Gasteiger partial charge in [0.1, 0.15) is 5.82 Å². The number of halogens is 1. The molecule has 0 spiro atoms. The van der Waals surface area contributed by atoms with Crippen LogP contribution < -0.4 is 5.32 Å². The molecule has 35 heavy (non-hydrogen) atoms. The molecule has 0 bridgehead atoms. The number of rotatable bonds is 7. The van der Waals surface area contributed by atoms with Crippen LogP contribution in [-0.2, 0) is 0 Å². The zero-order valence-corrected chi connectivity index (χ0v) is 20.6. The lowest BCUT2D eigenvalue weighted by Gasteiger charge is -2.34. The van der Waals surface area contributed by atoms with Crippen LogP contribution in [-0.4, -0.2) is 61.5 Å². The van der Waals surface area contributed by atoms with Crippen LogP contribution in [0.1, 0.15) is 41.6 Å². The minimum absolute atomic E-state index is 0.154. The highest BCUT2D eigenvalue weighted by molar-refractivity contribution is 6.07. The molecule has 2 fully saturated rings. The van der Waals surface area contributed by atoms with E-state index >= 15 is 0 Å². The fourth-order valence-electron chi connectivity index (χ4n) is 5.97. The summed E-state index contributed by atoms with van der Waals surface area (Å²) < 4.78 is 13.3. The van der Waals surface area contributed by atoms with Crippen LogP contribution in [0.25, 0.3) is 10.8 Å². The molecule has 4 nitrogen and oxygen atoms in total. The van der Waals surface area contributed by atoms with E-state index in [0.717, 1.165) is 75.0 Å². The van der Waals surface area contributed by atoms with E-state index in [1.54, 1.807) is 12.1 Å². The highest BCUT2D eigenvalue weighted by atomic mass is 19.1. The smallest absolute Gasteiger partial charge is 0.254 e. The van der Waals surface area contributed by atoms with Crippen molar-refractivity contribution in [3.8, 4) is 0 Å². The summed E-state index contributed by atoms with van der Waals surface area (Å²) in [4.78, 5) is 18.3. The van der Waals surface area contributed by atoms with Crippen molar-refractivity contribution in [2.75, 3.05) is 45.8 Å². The molecule has 3 aromatic carbocycles. The topological polar surface area (TPSA) is 35.6 Å². The van der Waals surface area contributed by atoms with Gasteiger partial charge < -0.3 is 15.1 Å². The van der Waals surface area contributed by atoms with Crippen molar-refractivity contribution in [3.63, 3.8) is 0 Å². The molecule has 1 amide bonds. The van der Waals surface area contributed by atoms with E-state index < -0.39 is 0 Å². The fourth-order valence-corrected chi connectivity index (χ4v) is 5.97. The molecular weight excluding hydrogens is 437 g/mol. The highest BCUT2D eigenvalue weighted by Crippen LogP contribution is 2.32. The molecule has 0 aliphatic carbocycles. The van der Waals surface area contributed by atoms with Gasteiger partial charge in [-0.05, 0) is 84.8 Å². The first-order valence-corrected chi connectivity index (χ1v) is 13.1. The van der Waals surface area contributed by atoms with Gasteiger partial charge in [0.05, 0.1) is 0 Å². The van der Waals surface area contributed by atoms with Gasteiger partial charge in [0.2, 0.25) is 0 Å². The number of piperidine rings is 1. The lowest BCUT2D eigenvalue weighted by Crippen LogP contribution is -2.40. The lowest BCUT2D eigenvalue weighted by atomic mass is 9.88. The van der Waals surface area contributed by atoms with Crippen LogP contribution >= 0.6 is 0 Å². The van der Waals surface area contributed by atoms with Gasteiger partial charge >= 0.3 is 0 Å². The van der Waals surface area contributed by atoms with Gasteiger partial charge in [0.15, 0.2) is 0 Å². The molecule has 0 saturated carbocycles. The Hall–Kier alpha value is -2.76. The van der Waals surface area contributed by atoms with Crippen LogP contribution in [0.3, 0.4) is 0 Å². The first kappa shape index (κ1) is 24.0. The van der Waals surface area contributed by atoms with Crippen molar-refractivity contribution in [1.82, 2.24) is 15.1 Å². The van der Waals surface area contributed by atoms with Gasteiger partial charge in [-0.3, -0.25) is 4.79 Å². The Morgan fingerprint density at radius 3 is 2.43 bits per heavy atom. The fraction of sp³-hybridized carbons (Fsp3) is 0.433. The van der Waals surface area contributed by atoms with Crippen LogP contribution in [0, 0.1) is 17.7 Å². The highest BCUT2D eigenvalue weighted by Gasteiger charge is 2.37. The summed E-state index contributed by atoms with van der Waals surface area (Å²) in [5, 5.41) is 5.68. The van der Waals surface area contributed by atoms with Crippen LogP contribution in [0.15, 0.2) is 66.7 Å². The van der Waals surface area contributed by atoms with Gasteiger partial charge in [-0.1, -0.05) is 55.5 Å². The summed E-state index contributed by atoms with van der Waals surface area (Å²) in [6.07, 6.45) is 2.21. The molecule has 1 N–H and O–H groups in total. The minimum Gasteiger partial charge on any atom is -0.338 e. The molecule has 2 atom stereocenters. The van der Waals surface area contributed by atoms with Gasteiger partial charge in [0.25, 0.3) is 5.91 Å². The van der Waals surface area contributed by atoms with Crippen LogP contribution in [0.2, 0.25) is 0 Å². The second-order valence-electron chi connectivity index (χ2n) is 10.2. The zero-order valence-electron chi connectivity index (χ0n) is 20.6. The summed E-state index contributed by atoms with van der Waals surface area (Å²) in [6, 6.07) is 21.2. The van der Waals surface area contributed by atoms with E-state index in [4.69, 9.17) is 0 Å². The van der Waals surface area contributed by atoms with Gasteiger partial charge in [-0.25, -0.2) is 4.39 Å². The van der Waals surface area contributed by atoms with Gasteiger partial charge in [-0.15, -0.1) is 0 Å². The summed E-state index contributed by atoms with van der Waals surface area (Å²) in [5.41, 5.74) is 2.06. The number of benzene rings is 3. The Morgan fingerprint density at radius 1 is 0.943 bits per heavy atom. The normalized spacial score (nSPS) is 21.6. The number of carbonyl (C=O) groups is 1. The van der Waals surface area contributed by atoms with Gasteiger partial charge in [-0.2, -0.15) is 0 Å². The van der Waals surface area contributed by atoms with E-state index in [1.165, 1.54) is 5.56 Å². The summed E-state index contributed by atoms with van der Waals surface area (Å²) in [5.74, 6) is 1.43. The second-order valence-corrected chi connectivity index (χ2v) is 10.2. The lowest BCUT2D eigenvalue weighted by molar-refractivity contribution is 0.0782. The Labute approximate surface area is 208 Å². The quantitative estimate of drug-likeness (QED) is 0.515. The first-order valence-electron chi connectivity index (χ1n) is 13.1. The third kappa shape index (κ3) is 5.41. The number of nitrogens with zero attached hydrogens (tertiary/aromatic N) is 2. The average Bonchev–Trinajstić information content (AvgIpc) is 3.30. The zero-order chi connectivity index (χ0) is 24.2. The molecule has 184 valence electrons. The largest absolute Gasteiger partial charge is 0.338 e. The van der Waals surface area contributed by atoms with E-state index in [2.05, 4.69) is 40.2 Å². The van der Waals surface area contributed by atoms with Crippen molar-refractivity contribution < 1.29 is 9.18 Å². The average molecular weight is 474 g/mol. The first-order chi connectivity index (χ1) is 17.1. The Kier molecular flexibility index (Phi) is 7.45. The maximum Gasteiger partial charge on any atom is 0.254 e. The molecular formula is C30H36FN3O. The molecule has 2 aliphatic heterocycles. The molecule has 0 aromatic heterocycles. The number of carbonyl (C=O) groups excluding carboxylic acids is 1. The predicted molar refractivity (Wildman–Crippen MR) is 140 cm³/mol. The SMILES string of the molecule is CCNCC1CN(C(=O)c2cccc3ccccc23)CC1CN1CCC(c2ccc(F)cc2)CC1. The third-order valence-electron chi connectivity index (χ3n) is 7.96. The van der Waals surface area contributed by atoms with Crippen molar-refractivity contribution in [2.24, 2.45) is 11.8 Å². The molecule has 2 heterocycles. The Balaban J connectivity index is 1.24. The summed E-state index contributed by atoms with van der Waals surface area (Å²) >= 11 is 0. The second kappa shape index (κ2) is 10.9. The summed E-state index contributed by atoms with van der Waals surface area (Å²) in [6.45, 7) is 8.82.